The molecule has 0 aromatic heterocycles. The molecule has 2 atom stereocenters. The van der Waals surface area contributed by atoms with E-state index in [9.17, 15) is 9.90 Å². The van der Waals surface area contributed by atoms with E-state index < -0.39 is 0 Å². The topological polar surface area (TPSA) is 58.6 Å². The summed E-state index contributed by atoms with van der Waals surface area (Å²) in [5, 5.41) is 13.1. The Morgan fingerprint density at radius 2 is 2.11 bits per heavy atom. The van der Waals surface area contributed by atoms with Gasteiger partial charge < -0.3 is 15.2 Å². The smallest absolute Gasteiger partial charge is 0.257 e. The molecule has 2 unspecified atom stereocenters. The number of aliphatic hydroxyl groups is 1. The third kappa shape index (κ3) is 4.40. The fraction of sp³-hybridized carbons (Fsp3) is 0.500. The van der Waals surface area contributed by atoms with Crippen LogP contribution in [0.2, 0.25) is 5.02 Å². The molecule has 2 N–H and O–H groups in total. The van der Waals surface area contributed by atoms with Gasteiger partial charge in [0.2, 0.25) is 0 Å². The zero-order valence-electron chi connectivity index (χ0n) is 10.6. The number of rotatable bonds is 5. The van der Waals surface area contributed by atoms with E-state index in [1.54, 1.807) is 24.3 Å². The average molecular weight is 284 g/mol. The van der Waals surface area contributed by atoms with Crippen molar-refractivity contribution in [3.05, 3.63) is 29.3 Å². The first-order valence-electron chi connectivity index (χ1n) is 6.48. The van der Waals surface area contributed by atoms with Crippen molar-refractivity contribution in [2.24, 2.45) is 5.92 Å². The van der Waals surface area contributed by atoms with E-state index in [-0.39, 0.29) is 24.5 Å². The molecule has 0 saturated heterocycles. The van der Waals surface area contributed by atoms with Crippen LogP contribution in [0.1, 0.15) is 19.3 Å². The van der Waals surface area contributed by atoms with E-state index in [2.05, 4.69) is 5.32 Å². The van der Waals surface area contributed by atoms with Gasteiger partial charge in [0.05, 0.1) is 6.10 Å². The van der Waals surface area contributed by atoms with Gasteiger partial charge in [0.15, 0.2) is 6.61 Å². The molecule has 1 aliphatic rings. The molecule has 5 heteroatoms. The highest BCUT2D eigenvalue weighted by Crippen LogP contribution is 2.24. The molecular weight excluding hydrogens is 266 g/mol. The molecule has 1 amide bonds. The quantitative estimate of drug-likeness (QED) is 0.869. The van der Waals surface area contributed by atoms with Crippen LogP contribution in [0.4, 0.5) is 0 Å². The van der Waals surface area contributed by atoms with E-state index in [0.29, 0.717) is 17.3 Å². The lowest BCUT2D eigenvalue weighted by Gasteiger charge is -2.15. The average Bonchev–Trinajstić information content (AvgIpc) is 2.81. The maximum Gasteiger partial charge on any atom is 0.257 e. The van der Waals surface area contributed by atoms with Crippen LogP contribution in [-0.2, 0) is 4.79 Å². The van der Waals surface area contributed by atoms with E-state index in [0.717, 1.165) is 19.3 Å². The van der Waals surface area contributed by atoms with Crippen LogP contribution < -0.4 is 10.1 Å². The Labute approximate surface area is 117 Å². The van der Waals surface area contributed by atoms with E-state index in [1.165, 1.54) is 0 Å². The molecule has 1 aliphatic carbocycles. The summed E-state index contributed by atoms with van der Waals surface area (Å²) in [5.74, 6) is 0.619. The molecule has 1 aromatic carbocycles. The van der Waals surface area contributed by atoms with Gasteiger partial charge in [-0.15, -0.1) is 0 Å². The highest BCUT2D eigenvalue weighted by atomic mass is 35.5. The first kappa shape index (κ1) is 14.2. The minimum atomic E-state index is -0.280. The molecule has 0 bridgehead atoms. The van der Waals surface area contributed by atoms with Crippen LogP contribution in [0, 0.1) is 5.92 Å². The van der Waals surface area contributed by atoms with Gasteiger partial charge in [0, 0.05) is 17.5 Å². The van der Waals surface area contributed by atoms with E-state index >= 15 is 0 Å². The van der Waals surface area contributed by atoms with Crippen LogP contribution in [0.5, 0.6) is 5.75 Å². The number of halogens is 1. The van der Waals surface area contributed by atoms with Crippen LogP contribution in [0.15, 0.2) is 24.3 Å². The molecule has 0 spiro atoms. The van der Waals surface area contributed by atoms with Crippen molar-refractivity contribution in [3.8, 4) is 5.75 Å². The summed E-state index contributed by atoms with van der Waals surface area (Å²) < 4.78 is 5.33. The fourth-order valence-corrected chi connectivity index (χ4v) is 2.36. The predicted octanol–water partition coefficient (Wildman–Crippen LogP) is 2.00. The second-order valence-electron chi connectivity index (χ2n) is 4.81. The molecule has 0 radical (unpaired) electrons. The Kier molecular flexibility index (Phi) is 5.05. The molecule has 104 valence electrons. The lowest BCUT2D eigenvalue weighted by molar-refractivity contribution is -0.123. The maximum atomic E-state index is 11.6. The summed E-state index contributed by atoms with van der Waals surface area (Å²) in [6, 6.07) is 6.86. The number of nitrogens with one attached hydrogen (secondary N) is 1. The van der Waals surface area contributed by atoms with Gasteiger partial charge in [-0.25, -0.2) is 0 Å². The first-order chi connectivity index (χ1) is 9.15. The number of carbonyl (C=O) groups excluding carboxylic acids is 1. The van der Waals surface area contributed by atoms with Crippen molar-refractivity contribution in [1.82, 2.24) is 5.32 Å². The van der Waals surface area contributed by atoms with Crippen molar-refractivity contribution in [3.63, 3.8) is 0 Å². The molecule has 0 heterocycles. The standard InChI is InChI=1S/C14H18ClNO3/c15-11-4-6-12(7-5-11)19-9-14(18)16-8-10-2-1-3-13(10)17/h4-7,10,13,17H,1-3,8-9H2,(H,16,18). The van der Waals surface area contributed by atoms with Crippen LogP contribution >= 0.6 is 11.6 Å². The Morgan fingerprint density at radius 1 is 1.37 bits per heavy atom. The Hall–Kier alpha value is -1.26. The number of carbonyl (C=O) groups is 1. The summed E-state index contributed by atoms with van der Waals surface area (Å²) >= 11 is 5.75. The lowest BCUT2D eigenvalue weighted by atomic mass is 10.1. The van der Waals surface area contributed by atoms with Crippen molar-refractivity contribution in [2.75, 3.05) is 13.2 Å². The van der Waals surface area contributed by atoms with Crippen molar-refractivity contribution in [1.29, 1.82) is 0 Å². The van der Waals surface area contributed by atoms with Crippen LogP contribution in [0.3, 0.4) is 0 Å². The molecule has 0 aliphatic heterocycles. The Balaban J connectivity index is 1.68. The van der Waals surface area contributed by atoms with Gasteiger partial charge in [-0.05, 0) is 37.1 Å². The first-order valence-corrected chi connectivity index (χ1v) is 6.86. The zero-order chi connectivity index (χ0) is 13.7. The van der Waals surface area contributed by atoms with Gasteiger partial charge in [-0.3, -0.25) is 4.79 Å². The minimum absolute atomic E-state index is 0.0234. The Morgan fingerprint density at radius 3 is 2.74 bits per heavy atom. The van der Waals surface area contributed by atoms with Gasteiger partial charge in [-0.2, -0.15) is 0 Å². The summed E-state index contributed by atoms with van der Waals surface area (Å²) in [5.41, 5.74) is 0. The number of ether oxygens (including phenoxy) is 1. The lowest BCUT2D eigenvalue weighted by Crippen LogP contribution is -2.35. The van der Waals surface area contributed by atoms with Gasteiger partial charge in [0.1, 0.15) is 5.75 Å². The fourth-order valence-electron chi connectivity index (χ4n) is 2.23. The second-order valence-corrected chi connectivity index (χ2v) is 5.24. The highest BCUT2D eigenvalue weighted by molar-refractivity contribution is 6.30. The normalized spacial score (nSPS) is 22.2. The monoisotopic (exact) mass is 283 g/mol. The van der Waals surface area contributed by atoms with Gasteiger partial charge >= 0.3 is 0 Å². The van der Waals surface area contributed by atoms with Crippen molar-refractivity contribution < 1.29 is 14.6 Å². The molecule has 1 saturated carbocycles. The summed E-state index contributed by atoms with van der Waals surface area (Å²) in [6.07, 6.45) is 2.56. The molecule has 4 nitrogen and oxygen atoms in total. The number of amides is 1. The van der Waals surface area contributed by atoms with Crippen molar-refractivity contribution in [2.45, 2.75) is 25.4 Å². The van der Waals surface area contributed by atoms with E-state index in [1.807, 2.05) is 0 Å². The van der Waals surface area contributed by atoms with Crippen LogP contribution in [-0.4, -0.2) is 30.3 Å². The minimum Gasteiger partial charge on any atom is -0.484 e. The number of hydrogen-bond acceptors (Lipinski definition) is 3. The highest BCUT2D eigenvalue weighted by Gasteiger charge is 2.25. The SMILES string of the molecule is O=C(COc1ccc(Cl)cc1)NCC1CCCC1O. The second kappa shape index (κ2) is 6.78. The number of benzene rings is 1. The third-order valence-electron chi connectivity index (χ3n) is 3.36. The predicted molar refractivity (Wildman–Crippen MR) is 73.3 cm³/mol. The van der Waals surface area contributed by atoms with Crippen LogP contribution in [0.25, 0.3) is 0 Å². The molecule has 19 heavy (non-hydrogen) atoms. The van der Waals surface area contributed by atoms with Gasteiger partial charge in [-0.1, -0.05) is 18.0 Å². The summed E-state index contributed by atoms with van der Waals surface area (Å²) in [6.45, 7) is 0.494. The summed E-state index contributed by atoms with van der Waals surface area (Å²) in [4.78, 5) is 11.6. The maximum absolute atomic E-state index is 11.6. The molecule has 1 fully saturated rings. The zero-order valence-corrected chi connectivity index (χ0v) is 11.4. The van der Waals surface area contributed by atoms with Crippen molar-refractivity contribution >= 4 is 17.5 Å². The third-order valence-corrected chi connectivity index (χ3v) is 3.62. The van der Waals surface area contributed by atoms with E-state index in [4.69, 9.17) is 16.3 Å². The van der Waals surface area contributed by atoms with Gasteiger partial charge in [0.25, 0.3) is 5.91 Å². The number of aliphatic hydroxyl groups excluding tert-OH is 1. The largest absolute Gasteiger partial charge is 0.484 e. The number of hydrogen-bond donors (Lipinski definition) is 2. The summed E-state index contributed by atoms with van der Waals surface area (Å²) in [7, 11) is 0. The molecule has 2 rings (SSSR count). The molecular formula is C14H18ClNO3. The Bertz CT molecular complexity index is 421. The molecule has 1 aromatic rings.